The Hall–Kier alpha value is -0.425. The molecule has 0 bridgehead atoms. The predicted molar refractivity (Wildman–Crippen MR) is 55.8 cm³/mol. The molecule has 1 rings (SSSR count). The lowest BCUT2D eigenvalue weighted by atomic mass is 9.82. The van der Waals surface area contributed by atoms with Crippen LogP contribution in [-0.2, 0) is 0 Å². The summed E-state index contributed by atoms with van der Waals surface area (Å²) in [5.74, 6) is -0.129. The average Bonchev–Trinajstić information content (AvgIpc) is 2.45. The van der Waals surface area contributed by atoms with Gasteiger partial charge in [0.2, 0.25) is 0 Å². The number of thioether (sulfide) groups is 1. The molecule has 0 N–H and O–H groups in total. The van der Waals surface area contributed by atoms with Crippen molar-refractivity contribution in [2.45, 2.75) is 11.3 Å². The molecule has 0 unspecified atom stereocenters. The summed E-state index contributed by atoms with van der Waals surface area (Å²) >= 11 is 2.43. The second-order valence-electron chi connectivity index (χ2n) is 2.78. The van der Waals surface area contributed by atoms with Crippen LogP contribution in [0.3, 0.4) is 0 Å². The summed E-state index contributed by atoms with van der Waals surface area (Å²) in [6, 6.07) is 0. The van der Waals surface area contributed by atoms with Crippen molar-refractivity contribution in [1.82, 2.24) is 4.98 Å². The Morgan fingerprint density at radius 2 is 2.29 bits per heavy atom. The summed E-state index contributed by atoms with van der Waals surface area (Å²) in [7, 11) is 0. The van der Waals surface area contributed by atoms with E-state index in [0.29, 0.717) is 4.34 Å². The smallest absolute Gasteiger partial charge is 0.445 e. The number of rotatable bonds is 4. The van der Waals surface area contributed by atoms with Crippen molar-refractivity contribution in [3.8, 4) is 0 Å². The molecule has 14 heavy (non-hydrogen) atoms. The van der Waals surface area contributed by atoms with Crippen LogP contribution in [0.15, 0.2) is 21.8 Å². The van der Waals surface area contributed by atoms with Crippen LogP contribution in [-0.4, -0.2) is 17.7 Å². The molecule has 0 aliphatic rings. The fourth-order valence-corrected chi connectivity index (χ4v) is 2.47. The third kappa shape index (κ3) is 3.38. The first-order valence-corrected chi connectivity index (χ1v) is 5.68. The molecule has 0 atom stereocenters. The number of thiazole rings is 1. The number of aromatic nitrogens is 1. The van der Waals surface area contributed by atoms with Gasteiger partial charge in [0.25, 0.3) is 0 Å². The normalized spacial score (nSPS) is 11.7. The van der Waals surface area contributed by atoms with E-state index >= 15 is 0 Å². The van der Waals surface area contributed by atoms with Crippen molar-refractivity contribution in [2.24, 2.45) is 0 Å². The standard InChI is InChI=1S/C7H8BF3NS2/c1-5(8(9,10)11)3-13-7-12-6(2)4-14-7/h4H,1,3H2,2H3/q-1. The van der Waals surface area contributed by atoms with Gasteiger partial charge in [-0.3, -0.25) is 0 Å². The van der Waals surface area contributed by atoms with Gasteiger partial charge in [0.1, 0.15) is 4.34 Å². The minimum absolute atomic E-state index is 0.129. The fourth-order valence-electron chi connectivity index (χ4n) is 0.648. The van der Waals surface area contributed by atoms with E-state index in [1.165, 1.54) is 11.3 Å². The van der Waals surface area contributed by atoms with Gasteiger partial charge in [0.05, 0.1) is 0 Å². The first-order chi connectivity index (χ1) is 6.39. The van der Waals surface area contributed by atoms with E-state index in [0.717, 1.165) is 17.5 Å². The predicted octanol–water partition coefficient (Wildman–Crippen LogP) is 3.49. The van der Waals surface area contributed by atoms with Crippen molar-refractivity contribution in [2.75, 3.05) is 5.75 Å². The second kappa shape index (κ2) is 4.40. The molecule has 0 amide bonds. The summed E-state index contributed by atoms with van der Waals surface area (Å²) in [6.07, 6.45) is 0. The van der Waals surface area contributed by atoms with Crippen LogP contribution in [0.4, 0.5) is 12.9 Å². The van der Waals surface area contributed by atoms with Crippen molar-refractivity contribution >= 4 is 30.1 Å². The highest BCUT2D eigenvalue weighted by Crippen LogP contribution is 2.28. The van der Waals surface area contributed by atoms with E-state index in [1.807, 2.05) is 12.3 Å². The lowest BCUT2D eigenvalue weighted by molar-refractivity contribution is 0.491. The quantitative estimate of drug-likeness (QED) is 0.588. The highest BCUT2D eigenvalue weighted by molar-refractivity contribution is 8.01. The number of aryl methyl sites for hydroxylation is 1. The Labute approximate surface area is 88.5 Å². The zero-order valence-electron chi connectivity index (χ0n) is 7.47. The molecule has 0 radical (unpaired) electrons. The third-order valence-corrected chi connectivity index (χ3v) is 3.69. The van der Waals surface area contributed by atoms with Gasteiger partial charge in [-0.25, -0.2) is 4.98 Å². The second-order valence-corrected chi connectivity index (χ2v) is 4.86. The van der Waals surface area contributed by atoms with Crippen molar-refractivity contribution in [3.63, 3.8) is 0 Å². The SMILES string of the molecule is C=C(CSc1nc(C)cs1)[B-](F)(F)F. The topological polar surface area (TPSA) is 12.9 Å². The first-order valence-electron chi connectivity index (χ1n) is 3.82. The maximum Gasteiger partial charge on any atom is 0.505 e. The summed E-state index contributed by atoms with van der Waals surface area (Å²) in [5.41, 5.74) is 0.170. The van der Waals surface area contributed by atoms with Crippen LogP contribution in [0.5, 0.6) is 0 Å². The van der Waals surface area contributed by atoms with Crippen molar-refractivity contribution in [3.05, 3.63) is 23.1 Å². The Kier molecular flexibility index (Phi) is 3.66. The molecular weight excluding hydrogens is 230 g/mol. The van der Waals surface area contributed by atoms with Crippen LogP contribution in [0.1, 0.15) is 5.69 Å². The van der Waals surface area contributed by atoms with Gasteiger partial charge in [-0.05, 0) is 12.7 Å². The van der Waals surface area contributed by atoms with Crippen molar-refractivity contribution in [1.29, 1.82) is 0 Å². The van der Waals surface area contributed by atoms with E-state index in [1.54, 1.807) is 0 Å². The molecule has 7 heteroatoms. The summed E-state index contributed by atoms with van der Waals surface area (Å²) in [6.45, 7) is -0.0863. The molecule has 1 aromatic heterocycles. The lowest BCUT2D eigenvalue weighted by Gasteiger charge is -2.16. The molecular formula is C7H8BF3NS2-. The van der Waals surface area contributed by atoms with Crippen LogP contribution < -0.4 is 0 Å². The maximum atomic E-state index is 12.1. The number of nitrogens with zero attached hydrogens (tertiary/aromatic N) is 1. The zero-order chi connectivity index (χ0) is 10.8. The fraction of sp³-hybridized carbons (Fsp3) is 0.286. The number of halogens is 3. The van der Waals surface area contributed by atoms with E-state index < -0.39 is 12.4 Å². The Balaban J connectivity index is 2.46. The molecule has 1 heterocycles. The van der Waals surface area contributed by atoms with Gasteiger partial charge < -0.3 is 12.9 Å². The average molecular weight is 238 g/mol. The Morgan fingerprint density at radius 1 is 1.64 bits per heavy atom. The third-order valence-electron chi connectivity index (χ3n) is 1.44. The van der Waals surface area contributed by atoms with E-state index in [9.17, 15) is 12.9 Å². The van der Waals surface area contributed by atoms with Crippen LogP contribution in [0.2, 0.25) is 0 Å². The molecule has 1 nitrogen and oxygen atoms in total. The highest BCUT2D eigenvalue weighted by atomic mass is 32.2. The minimum Gasteiger partial charge on any atom is -0.445 e. The molecule has 0 aliphatic heterocycles. The highest BCUT2D eigenvalue weighted by Gasteiger charge is 2.26. The minimum atomic E-state index is -4.90. The van der Waals surface area contributed by atoms with Gasteiger partial charge in [0.15, 0.2) is 0 Å². The molecule has 78 valence electrons. The summed E-state index contributed by atoms with van der Waals surface area (Å²) in [5, 5.41) is 1.81. The van der Waals surface area contributed by atoms with Gasteiger partial charge >= 0.3 is 6.98 Å². The molecule has 0 spiro atoms. The van der Waals surface area contributed by atoms with Gasteiger partial charge in [-0.2, -0.15) is 0 Å². The van der Waals surface area contributed by atoms with E-state index in [4.69, 9.17) is 0 Å². The molecule has 1 aromatic rings. The number of hydrogen-bond acceptors (Lipinski definition) is 3. The van der Waals surface area contributed by atoms with Gasteiger partial charge in [-0.1, -0.05) is 11.8 Å². The maximum absolute atomic E-state index is 12.1. The van der Waals surface area contributed by atoms with Crippen LogP contribution in [0, 0.1) is 6.92 Å². The van der Waals surface area contributed by atoms with Gasteiger partial charge in [0, 0.05) is 11.1 Å². The van der Waals surface area contributed by atoms with Crippen LogP contribution in [0.25, 0.3) is 0 Å². The molecule has 0 saturated carbocycles. The molecule has 0 aliphatic carbocycles. The monoisotopic (exact) mass is 238 g/mol. The lowest BCUT2D eigenvalue weighted by Crippen LogP contribution is -2.20. The van der Waals surface area contributed by atoms with E-state index in [-0.39, 0.29) is 5.75 Å². The Bertz CT molecular complexity index is 334. The van der Waals surface area contributed by atoms with Crippen LogP contribution >= 0.6 is 23.1 Å². The number of hydrogen-bond donors (Lipinski definition) is 0. The first kappa shape index (κ1) is 11.6. The zero-order valence-corrected chi connectivity index (χ0v) is 9.10. The summed E-state index contributed by atoms with van der Waals surface area (Å²) in [4.78, 5) is 4.04. The molecule has 0 aromatic carbocycles. The van der Waals surface area contributed by atoms with Crippen molar-refractivity contribution < 1.29 is 12.9 Å². The summed E-state index contributed by atoms with van der Waals surface area (Å²) < 4.78 is 36.9. The van der Waals surface area contributed by atoms with E-state index in [2.05, 4.69) is 11.6 Å². The Morgan fingerprint density at radius 3 is 2.71 bits per heavy atom. The van der Waals surface area contributed by atoms with Gasteiger partial charge in [-0.15, -0.1) is 23.4 Å². The largest absolute Gasteiger partial charge is 0.505 e. The molecule has 0 fully saturated rings. The molecule has 0 saturated heterocycles.